The van der Waals surface area contributed by atoms with Gasteiger partial charge in [-0.05, 0) is 11.6 Å². The maximum absolute atomic E-state index is 12.3. The second-order valence-corrected chi connectivity index (χ2v) is 5.66. The molecule has 0 spiro atoms. The van der Waals surface area contributed by atoms with Crippen LogP contribution in [0.1, 0.15) is 5.56 Å². The zero-order chi connectivity index (χ0) is 14.7. The lowest BCUT2D eigenvalue weighted by Gasteiger charge is -2.36. The Labute approximate surface area is 125 Å². The molecule has 21 heavy (non-hydrogen) atoms. The highest BCUT2D eigenvalue weighted by Gasteiger charge is 2.40. The minimum atomic E-state index is 0.165. The molecule has 0 bridgehead atoms. The first-order valence-electron chi connectivity index (χ1n) is 7.43. The lowest BCUT2D eigenvalue weighted by molar-refractivity contribution is 0.116. The zero-order valence-corrected chi connectivity index (χ0v) is 12.4. The van der Waals surface area contributed by atoms with Gasteiger partial charge in [-0.25, -0.2) is 4.79 Å². The molecule has 114 valence electrons. The highest BCUT2D eigenvalue weighted by Crippen LogP contribution is 2.21. The largest absolute Gasteiger partial charge is 0.383 e. The summed E-state index contributed by atoms with van der Waals surface area (Å²) in [5.74, 6) is 0. The number of carbonyl (C=O) groups is 1. The number of methoxy groups -OCH3 is 1. The Morgan fingerprint density at radius 2 is 2.29 bits per heavy atom. The molecule has 0 saturated carbocycles. The lowest BCUT2D eigenvalue weighted by Crippen LogP contribution is -2.51. The Hall–Kier alpha value is -1.66. The van der Waals surface area contributed by atoms with E-state index in [1.54, 1.807) is 13.3 Å². The lowest BCUT2D eigenvalue weighted by atomic mass is 10.1. The van der Waals surface area contributed by atoms with Gasteiger partial charge in [0.1, 0.15) is 0 Å². The molecule has 2 aliphatic rings. The Kier molecular flexibility index (Phi) is 4.36. The van der Waals surface area contributed by atoms with Crippen molar-refractivity contribution in [1.82, 2.24) is 19.7 Å². The zero-order valence-electron chi connectivity index (χ0n) is 12.4. The van der Waals surface area contributed by atoms with Crippen LogP contribution in [0.5, 0.6) is 0 Å². The van der Waals surface area contributed by atoms with E-state index in [9.17, 15) is 4.79 Å². The number of amides is 2. The van der Waals surface area contributed by atoms with Crippen molar-refractivity contribution in [3.63, 3.8) is 0 Å². The number of pyridine rings is 1. The normalized spacial score (nSPS) is 22.7. The van der Waals surface area contributed by atoms with E-state index in [1.807, 2.05) is 22.1 Å². The van der Waals surface area contributed by atoms with E-state index in [0.29, 0.717) is 19.2 Å². The smallest absolute Gasteiger partial charge is 0.320 e. The van der Waals surface area contributed by atoms with Crippen molar-refractivity contribution in [1.29, 1.82) is 0 Å². The van der Waals surface area contributed by atoms with Crippen LogP contribution < -0.4 is 0 Å². The predicted molar refractivity (Wildman–Crippen MR) is 78.9 cm³/mol. The number of hydrogen-bond acceptors (Lipinski definition) is 4. The molecule has 2 saturated heterocycles. The number of hydrogen-bond donors (Lipinski definition) is 0. The second kappa shape index (κ2) is 6.41. The minimum Gasteiger partial charge on any atom is -0.383 e. The van der Waals surface area contributed by atoms with Crippen LogP contribution in [0, 0.1) is 0 Å². The molecule has 1 aromatic heterocycles. The summed E-state index contributed by atoms with van der Waals surface area (Å²) in [6.45, 7) is 5.68. The number of rotatable bonds is 5. The highest BCUT2D eigenvalue weighted by molar-refractivity contribution is 5.77. The standard InChI is InChI=1S/C15H22N4O2/c1-21-8-7-18-12-14-11-17(5-6-19(14)15(18)20)10-13-3-2-4-16-9-13/h2-4,9,14H,5-8,10-12H2,1H3. The van der Waals surface area contributed by atoms with Crippen molar-refractivity contribution in [2.45, 2.75) is 12.6 Å². The summed E-state index contributed by atoms with van der Waals surface area (Å²) in [5.41, 5.74) is 1.23. The van der Waals surface area contributed by atoms with Gasteiger partial charge >= 0.3 is 6.03 Å². The van der Waals surface area contributed by atoms with Crippen LogP contribution in [-0.4, -0.2) is 78.2 Å². The van der Waals surface area contributed by atoms with Gasteiger partial charge in [-0.3, -0.25) is 9.88 Å². The Morgan fingerprint density at radius 1 is 1.38 bits per heavy atom. The number of nitrogens with zero attached hydrogens (tertiary/aromatic N) is 4. The molecular weight excluding hydrogens is 268 g/mol. The molecule has 2 fully saturated rings. The molecule has 0 aromatic carbocycles. The Balaban J connectivity index is 1.57. The van der Waals surface area contributed by atoms with E-state index in [2.05, 4.69) is 16.0 Å². The molecule has 2 amide bonds. The van der Waals surface area contributed by atoms with Crippen molar-refractivity contribution in [2.75, 3.05) is 46.4 Å². The van der Waals surface area contributed by atoms with Crippen LogP contribution >= 0.6 is 0 Å². The summed E-state index contributed by atoms with van der Waals surface area (Å²) >= 11 is 0. The summed E-state index contributed by atoms with van der Waals surface area (Å²) in [5, 5.41) is 0. The Morgan fingerprint density at radius 3 is 3.05 bits per heavy atom. The second-order valence-electron chi connectivity index (χ2n) is 5.66. The van der Waals surface area contributed by atoms with Crippen molar-refractivity contribution in [3.05, 3.63) is 30.1 Å². The fraction of sp³-hybridized carbons (Fsp3) is 0.600. The average Bonchev–Trinajstić information content (AvgIpc) is 2.82. The molecule has 0 N–H and O–H groups in total. The van der Waals surface area contributed by atoms with Gasteiger partial charge in [0, 0.05) is 58.8 Å². The molecule has 2 aliphatic heterocycles. The first-order valence-corrected chi connectivity index (χ1v) is 7.43. The summed E-state index contributed by atoms with van der Waals surface area (Å²) in [6.07, 6.45) is 3.71. The first-order chi connectivity index (χ1) is 10.3. The molecule has 6 nitrogen and oxygen atoms in total. The van der Waals surface area contributed by atoms with Crippen LogP contribution in [0.25, 0.3) is 0 Å². The fourth-order valence-corrected chi connectivity index (χ4v) is 3.12. The third kappa shape index (κ3) is 3.16. The predicted octanol–water partition coefficient (Wildman–Crippen LogP) is 0.650. The summed E-state index contributed by atoms with van der Waals surface area (Å²) in [6, 6.07) is 4.54. The van der Waals surface area contributed by atoms with Crippen molar-refractivity contribution in [3.8, 4) is 0 Å². The molecule has 0 aliphatic carbocycles. The van der Waals surface area contributed by atoms with Gasteiger partial charge < -0.3 is 14.5 Å². The van der Waals surface area contributed by atoms with E-state index in [1.165, 1.54) is 5.56 Å². The molecule has 1 unspecified atom stereocenters. The number of aromatic nitrogens is 1. The third-order valence-corrected chi connectivity index (χ3v) is 4.21. The van der Waals surface area contributed by atoms with Gasteiger partial charge in [0.25, 0.3) is 0 Å². The Bertz CT molecular complexity index is 482. The topological polar surface area (TPSA) is 48.9 Å². The van der Waals surface area contributed by atoms with E-state index in [-0.39, 0.29) is 6.03 Å². The number of fused-ring (bicyclic) bond motifs is 1. The highest BCUT2D eigenvalue weighted by atomic mass is 16.5. The molecule has 1 atom stereocenters. The number of piperazine rings is 1. The molecule has 0 radical (unpaired) electrons. The van der Waals surface area contributed by atoms with E-state index >= 15 is 0 Å². The van der Waals surface area contributed by atoms with Crippen LogP contribution in [0.4, 0.5) is 4.79 Å². The van der Waals surface area contributed by atoms with Crippen LogP contribution in [-0.2, 0) is 11.3 Å². The summed E-state index contributed by atoms with van der Waals surface area (Å²) in [4.78, 5) is 22.8. The SMILES string of the molecule is COCCN1CC2CN(Cc3cccnc3)CCN2C1=O. The van der Waals surface area contributed by atoms with Crippen LogP contribution in [0.15, 0.2) is 24.5 Å². The fourth-order valence-electron chi connectivity index (χ4n) is 3.12. The van der Waals surface area contributed by atoms with Crippen LogP contribution in [0.3, 0.4) is 0 Å². The molecular formula is C15H22N4O2. The minimum absolute atomic E-state index is 0.165. The molecule has 1 aromatic rings. The van der Waals surface area contributed by atoms with Crippen molar-refractivity contribution >= 4 is 6.03 Å². The molecule has 6 heteroatoms. The van der Waals surface area contributed by atoms with Gasteiger partial charge in [-0.1, -0.05) is 6.07 Å². The van der Waals surface area contributed by atoms with Crippen molar-refractivity contribution in [2.24, 2.45) is 0 Å². The average molecular weight is 290 g/mol. The maximum atomic E-state index is 12.3. The van der Waals surface area contributed by atoms with E-state index in [4.69, 9.17) is 4.74 Å². The van der Waals surface area contributed by atoms with Crippen LogP contribution in [0.2, 0.25) is 0 Å². The summed E-state index contributed by atoms with van der Waals surface area (Å²) in [7, 11) is 1.67. The van der Waals surface area contributed by atoms with Gasteiger partial charge in [-0.2, -0.15) is 0 Å². The summed E-state index contributed by atoms with van der Waals surface area (Å²) < 4.78 is 5.08. The van der Waals surface area contributed by atoms with E-state index < -0.39 is 0 Å². The monoisotopic (exact) mass is 290 g/mol. The maximum Gasteiger partial charge on any atom is 0.320 e. The van der Waals surface area contributed by atoms with E-state index in [0.717, 1.165) is 32.7 Å². The first kappa shape index (κ1) is 14.3. The van der Waals surface area contributed by atoms with Gasteiger partial charge in [-0.15, -0.1) is 0 Å². The van der Waals surface area contributed by atoms with Crippen molar-refractivity contribution < 1.29 is 9.53 Å². The van der Waals surface area contributed by atoms with Gasteiger partial charge in [0.15, 0.2) is 0 Å². The number of carbonyl (C=O) groups excluding carboxylic acids is 1. The number of ether oxygens (including phenoxy) is 1. The third-order valence-electron chi connectivity index (χ3n) is 4.21. The molecule has 3 heterocycles. The number of urea groups is 1. The van der Waals surface area contributed by atoms with Gasteiger partial charge in [0.05, 0.1) is 12.6 Å². The quantitative estimate of drug-likeness (QED) is 0.799. The molecule has 3 rings (SSSR count). The van der Waals surface area contributed by atoms with Gasteiger partial charge in [0.2, 0.25) is 0 Å².